The van der Waals surface area contributed by atoms with E-state index in [1.54, 1.807) is 6.07 Å². The van der Waals surface area contributed by atoms with Crippen LogP contribution in [0.15, 0.2) is 18.2 Å². The first-order valence-corrected chi connectivity index (χ1v) is 6.26. The molecule has 0 atom stereocenters. The van der Waals surface area contributed by atoms with Gasteiger partial charge < -0.3 is 5.32 Å². The van der Waals surface area contributed by atoms with Crippen molar-refractivity contribution in [2.75, 3.05) is 12.4 Å². The van der Waals surface area contributed by atoms with Gasteiger partial charge in [0.15, 0.2) is 0 Å². The first-order chi connectivity index (χ1) is 8.02. The fourth-order valence-electron chi connectivity index (χ4n) is 1.86. The number of hydrogen-bond donors (Lipinski definition) is 1. The molecular formula is C13H14Cl2N2. The van der Waals surface area contributed by atoms with Crippen LogP contribution < -0.4 is 5.32 Å². The summed E-state index contributed by atoms with van der Waals surface area (Å²) >= 11 is 12.2. The lowest BCUT2D eigenvalue weighted by Crippen LogP contribution is -2.01. The average Bonchev–Trinajstić information content (AvgIpc) is 2.26. The number of fused-ring (bicyclic) bond motifs is 1. The Labute approximate surface area is 111 Å². The standard InChI is InChI=1S/C13H14Cl2N2/c1-7(2)9-6-10-11(15)4-8(14)5-12(10)17-13(9)16-3/h4-7H,1-3H3,(H,16,17). The molecule has 0 aliphatic rings. The Morgan fingerprint density at radius 2 is 1.88 bits per heavy atom. The quantitative estimate of drug-likeness (QED) is 0.854. The molecule has 0 aliphatic carbocycles. The monoisotopic (exact) mass is 268 g/mol. The van der Waals surface area contributed by atoms with E-state index in [0.717, 1.165) is 22.3 Å². The van der Waals surface area contributed by atoms with Crippen LogP contribution in [-0.2, 0) is 0 Å². The smallest absolute Gasteiger partial charge is 0.129 e. The van der Waals surface area contributed by atoms with E-state index in [4.69, 9.17) is 23.2 Å². The highest BCUT2D eigenvalue weighted by Crippen LogP contribution is 2.32. The van der Waals surface area contributed by atoms with Crippen LogP contribution in [0.5, 0.6) is 0 Å². The van der Waals surface area contributed by atoms with E-state index in [0.29, 0.717) is 16.0 Å². The highest BCUT2D eigenvalue weighted by atomic mass is 35.5. The van der Waals surface area contributed by atoms with Gasteiger partial charge in [0, 0.05) is 17.5 Å². The molecule has 0 bridgehead atoms. The van der Waals surface area contributed by atoms with E-state index in [9.17, 15) is 0 Å². The Kier molecular flexibility index (Phi) is 3.45. The zero-order chi connectivity index (χ0) is 12.6. The largest absolute Gasteiger partial charge is 0.373 e. The molecule has 0 saturated heterocycles. The Balaban J connectivity index is 2.78. The van der Waals surface area contributed by atoms with E-state index in [1.807, 2.05) is 13.1 Å². The minimum atomic E-state index is 0.390. The molecule has 2 nitrogen and oxygen atoms in total. The van der Waals surface area contributed by atoms with Gasteiger partial charge in [0.2, 0.25) is 0 Å². The zero-order valence-electron chi connectivity index (χ0n) is 10.0. The van der Waals surface area contributed by atoms with Crippen LogP contribution in [0.2, 0.25) is 10.0 Å². The van der Waals surface area contributed by atoms with Crippen LogP contribution in [-0.4, -0.2) is 12.0 Å². The molecule has 0 fully saturated rings. The fraction of sp³-hybridized carbons (Fsp3) is 0.308. The normalized spacial score (nSPS) is 11.2. The second-order valence-corrected chi connectivity index (χ2v) is 5.13. The molecule has 90 valence electrons. The number of pyridine rings is 1. The average molecular weight is 269 g/mol. The molecule has 0 radical (unpaired) electrons. The Bertz CT molecular complexity index is 565. The lowest BCUT2D eigenvalue weighted by Gasteiger charge is -2.13. The number of benzene rings is 1. The van der Waals surface area contributed by atoms with E-state index in [-0.39, 0.29) is 0 Å². The van der Waals surface area contributed by atoms with Gasteiger partial charge in [0.1, 0.15) is 5.82 Å². The number of nitrogens with one attached hydrogen (secondary N) is 1. The molecule has 1 aromatic heterocycles. The summed E-state index contributed by atoms with van der Waals surface area (Å²) < 4.78 is 0. The number of hydrogen-bond acceptors (Lipinski definition) is 2. The van der Waals surface area contributed by atoms with E-state index >= 15 is 0 Å². The number of halogens is 2. The van der Waals surface area contributed by atoms with E-state index < -0.39 is 0 Å². The van der Waals surface area contributed by atoms with Crippen molar-refractivity contribution in [2.24, 2.45) is 0 Å². The van der Waals surface area contributed by atoms with Crippen LogP contribution in [0, 0.1) is 0 Å². The van der Waals surface area contributed by atoms with Gasteiger partial charge in [0.25, 0.3) is 0 Å². The summed E-state index contributed by atoms with van der Waals surface area (Å²) in [5.41, 5.74) is 1.97. The van der Waals surface area contributed by atoms with Crippen LogP contribution in [0.25, 0.3) is 10.9 Å². The van der Waals surface area contributed by atoms with Crippen LogP contribution in [0.4, 0.5) is 5.82 Å². The Hall–Kier alpha value is -0.990. The first-order valence-electron chi connectivity index (χ1n) is 5.50. The van der Waals surface area contributed by atoms with Gasteiger partial charge in [-0.3, -0.25) is 0 Å². The molecule has 0 unspecified atom stereocenters. The van der Waals surface area contributed by atoms with Gasteiger partial charge in [-0.05, 0) is 29.7 Å². The third-order valence-electron chi connectivity index (χ3n) is 2.74. The van der Waals surface area contributed by atoms with Gasteiger partial charge in [-0.25, -0.2) is 4.98 Å². The molecule has 2 aromatic rings. The predicted octanol–water partition coefficient (Wildman–Crippen LogP) is 4.71. The third-order valence-corrected chi connectivity index (χ3v) is 3.27. The summed E-state index contributed by atoms with van der Waals surface area (Å²) in [7, 11) is 1.87. The van der Waals surface area contributed by atoms with Crippen molar-refractivity contribution in [3.63, 3.8) is 0 Å². The number of rotatable bonds is 2. The lowest BCUT2D eigenvalue weighted by atomic mass is 10.0. The molecule has 1 aromatic carbocycles. The summed E-state index contributed by atoms with van der Waals surface area (Å²) in [6.07, 6.45) is 0. The predicted molar refractivity (Wildman–Crippen MR) is 75.4 cm³/mol. The molecule has 0 amide bonds. The maximum absolute atomic E-state index is 6.19. The fourth-order valence-corrected chi connectivity index (χ4v) is 2.39. The van der Waals surface area contributed by atoms with Crippen LogP contribution >= 0.6 is 23.2 Å². The summed E-state index contributed by atoms with van der Waals surface area (Å²) in [5.74, 6) is 1.27. The number of anilines is 1. The summed E-state index contributed by atoms with van der Waals surface area (Å²) in [6, 6.07) is 5.65. The Morgan fingerprint density at radius 1 is 1.18 bits per heavy atom. The van der Waals surface area contributed by atoms with Gasteiger partial charge in [0.05, 0.1) is 10.5 Å². The van der Waals surface area contributed by atoms with Crippen LogP contribution in [0.1, 0.15) is 25.3 Å². The highest BCUT2D eigenvalue weighted by molar-refractivity contribution is 6.38. The van der Waals surface area contributed by atoms with Gasteiger partial charge in [-0.15, -0.1) is 0 Å². The molecule has 17 heavy (non-hydrogen) atoms. The molecule has 0 aliphatic heterocycles. The maximum atomic E-state index is 6.19. The maximum Gasteiger partial charge on any atom is 0.129 e. The molecule has 0 saturated carbocycles. The van der Waals surface area contributed by atoms with E-state index in [1.165, 1.54) is 0 Å². The summed E-state index contributed by atoms with van der Waals surface area (Å²) in [4.78, 5) is 4.56. The summed E-state index contributed by atoms with van der Waals surface area (Å²) in [6.45, 7) is 4.26. The molecule has 0 spiro atoms. The number of aromatic nitrogens is 1. The second kappa shape index (κ2) is 4.71. The second-order valence-electron chi connectivity index (χ2n) is 4.29. The molecule has 2 rings (SSSR count). The minimum Gasteiger partial charge on any atom is -0.373 e. The van der Waals surface area contributed by atoms with Crippen molar-refractivity contribution in [3.05, 3.63) is 33.8 Å². The van der Waals surface area contributed by atoms with Crippen molar-refractivity contribution in [1.29, 1.82) is 0 Å². The molecule has 1 heterocycles. The highest BCUT2D eigenvalue weighted by Gasteiger charge is 2.11. The van der Waals surface area contributed by atoms with E-state index in [2.05, 4.69) is 30.2 Å². The van der Waals surface area contributed by atoms with Crippen molar-refractivity contribution < 1.29 is 0 Å². The van der Waals surface area contributed by atoms with Crippen molar-refractivity contribution in [2.45, 2.75) is 19.8 Å². The van der Waals surface area contributed by atoms with Crippen molar-refractivity contribution in [3.8, 4) is 0 Å². The minimum absolute atomic E-state index is 0.390. The van der Waals surface area contributed by atoms with Gasteiger partial charge in [-0.2, -0.15) is 0 Å². The molecule has 4 heteroatoms. The van der Waals surface area contributed by atoms with Gasteiger partial charge in [-0.1, -0.05) is 37.0 Å². The zero-order valence-corrected chi connectivity index (χ0v) is 11.5. The van der Waals surface area contributed by atoms with Crippen LogP contribution in [0.3, 0.4) is 0 Å². The third kappa shape index (κ3) is 2.33. The van der Waals surface area contributed by atoms with Gasteiger partial charge >= 0.3 is 0 Å². The Morgan fingerprint density at radius 3 is 2.47 bits per heavy atom. The number of nitrogens with zero attached hydrogens (tertiary/aromatic N) is 1. The lowest BCUT2D eigenvalue weighted by molar-refractivity contribution is 0.864. The first kappa shape index (κ1) is 12.5. The summed E-state index contributed by atoms with van der Waals surface area (Å²) in [5, 5.41) is 5.30. The van der Waals surface area contributed by atoms with Crippen molar-refractivity contribution in [1.82, 2.24) is 4.98 Å². The van der Waals surface area contributed by atoms with Crippen molar-refractivity contribution >= 4 is 39.9 Å². The molecule has 1 N–H and O–H groups in total. The molecular weight excluding hydrogens is 255 g/mol. The SMILES string of the molecule is CNc1nc2cc(Cl)cc(Cl)c2cc1C(C)C. The topological polar surface area (TPSA) is 24.9 Å².